The normalized spacial score (nSPS) is 20.4. The van der Waals surface area contributed by atoms with Crippen LogP contribution in [-0.4, -0.2) is 36.0 Å². The lowest BCUT2D eigenvalue weighted by molar-refractivity contribution is 0.286. The van der Waals surface area contributed by atoms with Gasteiger partial charge in [0.2, 0.25) is 21.8 Å². The molecule has 2 aromatic rings. The van der Waals surface area contributed by atoms with Crippen LogP contribution in [-0.2, 0) is 10.0 Å². The second-order valence-electron chi connectivity index (χ2n) is 6.39. The van der Waals surface area contributed by atoms with Gasteiger partial charge in [0.05, 0.1) is 4.90 Å². The lowest BCUT2D eigenvalue weighted by Gasteiger charge is -2.29. The van der Waals surface area contributed by atoms with Crippen LogP contribution in [0.25, 0.3) is 0 Å². The van der Waals surface area contributed by atoms with Gasteiger partial charge in [-0.1, -0.05) is 6.07 Å². The van der Waals surface area contributed by atoms with Crippen molar-refractivity contribution in [1.29, 1.82) is 0 Å². The van der Waals surface area contributed by atoms with Gasteiger partial charge in [-0.05, 0) is 43.9 Å². The van der Waals surface area contributed by atoms with Crippen molar-refractivity contribution in [3.63, 3.8) is 0 Å². The number of nitrogens with zero attached hydrogens (tertiary/aromatic N) is 3. The summed E-state index contributed by atoms with van der Waals surface area (Å²) in [6.45, 7) is 0.731. The Morgan fingerprint density at radius 1 is 1.04 bits per heavy atom. The molecule has 4 rings (SSSR count). The minimum Gasteiger partial charge on any atom is -0.425 e. The van der Waals surface area contributed by atoms with Gasteiger partial charge >= 0.3 is 0 Å². The highest BCUT2D eigenvalue weighted by Gasteiger charge is 2.34. The zero-order chi connectivity index (χ0) is 16.7. The number of piperidine rings is 1. The molecule has 1 aliphatic heterocycles. The Kier molecular flexibility index (Phi) is 3.88. The van der Waals surface area contributed by atoms with Crippen molar-refractivity contribution < 1.29 is 17.2 Å². The summed E-state index contributed by atoms with van der Waals surface area (Å²) in [6.07, 6.45) is 3.46. The van der Waals surface area contributed by atoms with Crippen molar-refractivity contribution in [2.24, 2.45) is 0 Å². The molecule has 0 spiro atoms. The Balaban J connectivity index is 1.45. The fraction of sp³-hybridized carbons (Fsp3) is 0.500. The van der Waals surface area contributed by atoms with Crippen LogP contribution >= 0.6 is 0 Å². The molecule has 2 fully saturated rings. The highest BCUT2D eigenvalue weighted by molar-refractivity contribution is 7.89. The molecule has 0 N–H and O–H groups in total. The Bertz CT molecular complexity index is 840. The number of benzene rings is 1. The van der Waals surface area contributed by atoms with Crippen LogP contribution in [0.1, 0.15) is 49.3 Å². The minimum atomic E-state index is -3.66. The van der Waals surface area contributed by atoms with Gasteiger partial charge in [-0.15, -0.1) is 10.2 Å². The molecule has 0 atom stereocenters. The molecule has 2 heterocycles. The molecule has 1 aromatic carbocycles. The summed E-state index contributed by atoms with van der Waals surface area (Å²) in [5.41, 5.74) is 0. The first-order valence-electron chi connectivity index (χ1n) is 8.13. The first-order chi connectivity index (χ1) is 11.5. The Hall–Kier alpha value is -1.80. The maximum absolute atomic E-state index is 13.3. The zero-order valence-corrected chi connectivity index (χ0v) is 13.9. The van der Waals surface area contributed by atoms with Gasteiger partial charge in [0, 0.05) is 24.9 Å². The molecule has 1 aliphatic carbocycles. The summed E-state index contributed by atoms with van der Waals surface area (Å²) >= 11 is 0. The van der Waals surface area contributed by atoms with Crippen LogP contribution < -0.4 is 0 Å². The Labute approximate surface area is 139 Å². The van der Waals surface area contributed by atoms with Gasteiger partial charge in [0.1, 0.15) is 5.82 Å². The molecule has 6 nitrogen and oxygen atoms in total. The van der Waals surface area contributed by atoms with Crippen LogP contribution in [0.3, 0.4) is 0 Å². The summed E-state index contributed by atoms with van der Waals surface area (Å²) in [7, 11) is -3.66. The van der Waals surface area contributed by atoms with Crippen LogP contribution in [0.15, 0.2) is 33.6 Å². The predicted molar refractivity (Wildman–Crippen MR) is 83.4 cm³/mol. The van der Waals surface area contributed by atoms with Crippen molar-refractivity contribution in [1.82, 2.24) is 14.5 Å². The van der Waals surface area contributed by atoms with E-state index in [9.17, 15) is 12.8 Å². The standard InChI is InChI=1S/C16H18FN3O3S/c17-13-2-1-3-14(10-13)24(21,22)20-8-6-12(7-9-20)16-19-18-15(23-16)11-4-5-11/h1-3,10-12H,4-9H2. The van der Waals surface area contributed by atoms with Gasteiger partial charge in [-0.25, -0.2) is 12.8 Å². The number of halogens is 1. The van der Waals surface area contributed by atoms with Crippen LogP contribution in [0.4, 0.5) is 4.39 Å². The van der Waals surface area contributed by atoms with Crippen molar-refractivity contribution in [2.75, 3.05) is 13.1 Å². The van der Waals surface area contributed by atoms with E-state index in [4.69, 9.17) is 4.42 Å². The van der Waals surface area contributed by atoms with E-state index in [2.05, 4.69) is 10.2 Å². The smallest absolute Gasteiger partial charge is 0.243 e. The van der Waals surface area contributed by atoms with Crippen LogP contribution in [0.2, 0.25) is 0 Å². The van der Waals surface area contributed by atoms with Crippen molar-refractivity contribution in [3.8, 4) is 0 Å². The van der Waals surface area contributed by atoms with Crippen LogP contribution in [0, 0.1) is 5.82 Å². The maximum Gasteiger partial charge on any atom is 0.243 e. The van der Waals surface area contributed by atoms with Crippen molar-refractivity contribution in [2.45, 2.75) is 42.4 Å². The summed E-state index contributed by atoms with van der Waals surface area (Å²) < 4.78 is 45.6. The third kappa shape index (κ3) is 2.95. The molecule has 2 aliphatic rings. The molecule has 128 valence electrons. The van der Waals surface area contributed by atoms with E-state index in [0.717, 1.165) is 18.9 Å². The van der Waals surface area contributed by atoms with E-state index in [0.29, 0.717) is 43.6 Å². The molecular formula is C16H18FN3O3S. The molecular weight excluding hydrogens is 333 g/mol. The summed E-state index contributed by atoms with van der Waals surface area (Å²) in [5, 5.41) is 8.21. The quantitative estimate of drug-likeness (QED) is 0.846. The average molecular weight is 351 g/mol. The first-order valence-corrected chi connectivity index (χ1v) is 9.57. The number of aromatic nitrogens is 2. The van der Waals surface area contributed by atoms with E-state index in [1.54, 1.807) is 0 Å². The molecule has 0 radical (unpaired) electrons. The summed E-state index contributed by atoms with van der Waals surface area (Å²) in [4.78, 5) is -0.00485. The second-order valence-corrected chi connectivity index (χ2v) is 8.33. The van der Waals surface area contributed by atoms with Gasteiger partial charge in [-0.2, -0.15) is 4.31 Å². The topological polar surface area (TPSA) is 76.3 Å². The molecule has 1 saturated heterocycles. The monoisotopic (exact) mass is 351 g/mol. The van der Waals surface area contributed by atoms with E-state index in [1.165, 1.54) is 22.5 Å². The summed E-state index contributed by atoms with van der Waals surface area (Å²) in [5.74, 6) is 1.27. The number of sulfonamides is 1. The first kappa shape index (κ1) is 15.7. The SMILES string of the molecule is O=S(=O)(c1cccc(F)c1)N1CCC(c2nnc(C3CC3)o2)CC1. The number of rotatable bonds is 4. The number of hydrogen-bond donors (Lipinski definition) is 0. The lowest BCUT2D eigenvalue weighted by atomic mass is 9.98. The molecule has 0 amide bonds. The average Bonchev–Trinajstić information content (AvgIpc) is 3.32. The van der Waals surface area contributed by atoms with E-state index in [-0.39, 0.29) is 10.8 Å². The van der Waals surface area contributed by atoms with E-state index >= 15 is 0 Å². The third-order valence-corrected chi connectivity index (χ3v) is 6.51. The van der Waals surface area contributed by atoms with Gasteiger partial charge < -0.3 is 4.42 Å². The molecule has 1 saturated carbocycles. The minimum absolute atomic E-state index is 0.00485. The molecule has 0 unspecified atom stereocenters. The lowest BCUT2D eigenvalue weighted by Crippen LogP contribution is -2.38. The van der Waals surface area contributed by atoms with Crippen LogP contribution in [0.5, 0.6) is 0 Å². The van der Waals surface area contributed by atoms with Crippen molar-refractivity contribution in [3.05, 3.63) is 41.9 Å². The molecule has 8 heteroatoms. The van der Waals surface area contributed by atoms with E-state index in [1.807, 2.05) is 0 Å². The third-order valence-electron chi connectivity index (χ3n) is 4.62. The highest BCUT2D eigenvalue weighted by atomic mass is 32.2. The predicted octanol–water partition coefficient (Wildman–Crippen LogP) is 2.65. The molecule has 24 heavy (non-hydrogen) atoms. The van der Waals surface area contributed by atoms with Gasteiger partial charge in [0.15, 0.2) is 0 Å². The fourth-order valence-corrected chi connectivity index (χ4v) is 4.53. The van der Waals surface area contributed by atoms with Gasteiger partial charge in [0.25, 0.3) is 0 Å². The van der Waals surface area contributed by atoms with Gasteiger partial charge in [-0.3, -0.25) is 0 Å². The number of hydrogen-bond acceptors (Lipinski definition) is 5. The Morgan fingerprint density at radius 3 is 2.25 bits per heavy atom. The zero-order valence-electron chi connectivity index (χ0n) is 13.1. The van der Waals surface area contributed by atoms with Crippen molar-refractivity contribution >= 4 is 10.0 Å². The van der Waals surface area contributed by atoms with E-state index < -0.39 is 15.8 Å². The molecule has 1 aromatic heterocycles. The maximum atomic E-state index is 13.3. The largest absolute Gasteiger partial charge is 0.425 e. The fourth-order valence-electron chi connectivity index (χ4n) is 3.03. The highest BCUT2D eigenvalue weighted by Crippen LogP contribution is 2.40. The molecule has 0 bridgehead atoms. The second kappa shape index (κ2) is 5.93. The Morgan fingerprint density at radius 2 is 1.67 bits per heavy atom. The summed E-state index contributed by atoms with van der Waals surface area (Å²) in [6, 6.07) is 5.12.